The molecule has 0 unspecified atom stereocenters. The molecule has 0 radical (unpaired) electrons. The van der Waals surface area contributed by atoms with E-state index in [4.69, 9.17) is 14.2 Å². The third kappa shape index (κ3) is 5.23. The normalized spacial score (nSPS) is 15.9. The zero-order valence-electron chi connectivity index (χ0n) is 17.5. The van der Waals surface area contributed by atoms with Gasteiger partial charge in [0.1, 0.15) is 24.5 Å². The monoisotopic (exact) mass is 412 g/mol. The zero-order valence-corrected chi connectivity index (χ0v) is 17.5. The van der Waals surface area contributed by atoms with Gasteiger partial charge >= 0.3 is 0 Å². The van der Waals surface area contributed by atoms with Crippen molar-refractivity contribution in [2.24, 2.45) is 5.92 Å². The molecule has 0 saturated heterocycles. The highest BCUT2D eigenvalue weighted by Crippen LogP contribution is 2.30. The summed E-state index contributed by atoms with van der Waals surface area (Å²) in [5.74, 6) is 1.13. The van der Waals surface area contributed by atoms with Crippen LogP contribution in [-0.4, -0.2) is 43.7 Å². The Labute approximate surface area is 176 Å². The summed E-state index contributed by atoms with van der Waals surface area (Å²) < 4.78 is 17.1. The van der Waals surface area contributed by atoms with Gasteiger partial charge in [-0.15, -0.1) is 0 Å². The number of rotatable bonds is 8. The van der Waals surface area contributed by atoms with Gasteiger partial charge in [0.05, 0.1) is 18.7 Å². The highest BCUT2D eigenvalue weighted by Gasteiger charge is 2.27. The molecular formula is C23H28N2O5. The van der Waals surface area contributed by atoms with Crippen LogP contribution >= 0.6 is 0 Å². The number of carbonyl (C=O) groups excluding carboxylic acids is 2. The summed E-state index contributed by atoms with van der Waals surface area (Å²) in [5, 5.41) is 5.70. The second kappa shape index (κ2) is 10.0. The topological polar surface area (TPSA) is 85.9 Å². The van der Waals surface area contributed by atoms with Crippen molar-refractivity contribution in [1.29, 1.82) is 0 Å². The van der Waals surface area contributed by atoms with E-state index >= 15 is 0 Å². The molecule has 1 aliphatic heterocycles. The van der Waals surface area contributed by atoms with E-state index in [0.717, 1.165) is 0 Å². The second-order valence-corrected chi connectivity index (χ2v) is 7.37. The summed E-state index contributed by atoms with van der Waals surface area (Å²) in [4.78, 5) is 25.6. The van der Waals surface area contributed by atoms with Gasteiger partial charge in [0.25, 0.3) is 5.91 Å². The van der Waals surface area contributed by atoms with E-state index in [0.29, 0.717) is 36.0 Å². The van der Waals surface area contributed by atoms with Crippen LogP contribution in [0.4, 0.5) is 0 Å². The van der Waals surface area contributed by atoms with E-state index in [1.807, 2.05) is 45.0 Å². The molecule has 0 aliphatic carbocycles. The third-order valence-electron chi connectivity index (χ3n) is 4.74. The second-order valence-electron chi connectivity index (χ2n) is 7.37. The predicted molar refractivity (Wildman–Crippen MR) is 113 cm³/mol. The predicted octanol–water partition coefficient (Wildman–Crippen LogP) is 2.80. The van der Waals surface area contributed by atoms with E-state index in [2.05, 4.69) is 10.6 Å². The third-order valence-corrected chi connectivity index (χ3v) is 4.74. The molecule has 1 heterocycles. The lowest BCUT2D eigenvalue weighted by molar-refractivity contribution is -0.124. The van der Waals surface area contributed by atoms with Gasteiger partial charge < -0.3 is 24.8 Å². The molecule has 0 spiro atoms. The molecule has 30 heavy (non-hydrogen) atoms. The fourth-order valence-corrected chi connectivity index (χ4v) is 3.18. The Bertz CT molecular complexity index is 883. The minimum atomic E-state index is -0.691. The van der Waals surface area contributed by atoms with E-state index in [1.165, 1.54) is 0 Å². The Balaban J connectivity index is 1.60. The van der Waals surface area contributed by atoms with Crippen LogP contribution < -0.4 is 24.8 Å². The van der Waals surface area contributed by atoms with E-state index in [-0.39, 0.29) is 30.4 Å². The average molecular weight is 412 g/mol. The van der Waals surface area contributed by atoms with Crippen molar-refractivity contribution < 1.29 is 23.8 Å². The minimum Gasteiger partial charge on any atom is -0.493 e. The number of fused-ring (bicyclic) bond motifs is 1. The molecule has 7 heteroatoms. The van der Waals surface area contributed by atoms with Crippen molar-refractivity contribution >= 4 is 11.8 Å². The van der Waals surface area contributed by atoms with Crippen molar-refractivity contribution in [1.82, 2.24) is 10.6 Å². The number of benzene rings is 2. The molecule has 0 bridgehead atoms. The van der Waals surface area contributed by atoms with E-state index < -0.39 is 6.04 Å². The van der Waals surface area contributed by atoms with Crippen LogP contribution in [-0.2, 0) is 4.79 Å². The standard InChI is InChI=1S/C23H28N2O5/c1-4-28-18-10-6-5-9-17(18)22(26)25-21(15(2)3)23(27)24-13-16-14-29-19-11-7-8-12-20(19)30-16/h5-12,15-16,21H,4,13-14H2,1-3H3,(H,24,27)(H,25,26)/t16-,21+/m1/s1. The maximum absolute atomic E-state index is 12.8. The lowest BCUT2D eigenvalue weighted by Gasteiger charge is -2.28. The van der Waals surface area contributed by atoms with Crippen LogP contribution in [0.2, 0.25) is 0 Å². The van der Waals surface area contributed by atoms with Gasteiger partial charge in [0.15, 0.2) is 11.5 Å². The highest BCUT2D eigenvalue weighted by molar-refractivity contribution is 5.99. The van der Waals surface area contributed by atoms with Crippen LogP contribution in [0.25, 0.3) is 0 Å². The summed E-state index contributed by atoms with van der Waals surface area (Å²) in [6.45, 7) is 6.70. The summed E-state index contributed by atoms with van der Waals surface area (Å²) >= 11 is 0. The average Bonchev–Trinajstić information content (AvgIpc) is 2.76. The quantitative estimate of drug-likeness (QED) is 0.696. The summed E-state index contributed by atoms with van der Waals surface area (Å²) in [5.41, 5.74) is 0.401. The summed E-state index contributed by atoms with van der Waals surface area (Å²) in [6, 6.07) is 13.7. The fourth-order valence-electron chi connectivity index (χ4n) is 3.18. The smallest absolute Gasteiger partial charge is 0.255 e. The molecule has 3 rings (SSSR count). The Kier molecular flexibility index (Phi) is 7.17. The maximum atomic E-state index is 12.8. The molecule has 1 aliphatic rings. The number of hydrogen-bond donors (Lipinski definition) is 2. The first-order valence-electron chi connectivity index (χ1n) is 10.2. The lowest BCUT2D eigenvalue weighted by Crippen LogP contribution is -2.52. The number of para-hydroxylation sites is 3. The molecule has 0 fully saturated rings. The number of amides is 2. The van der Waals surface area contributed by atoms with Crippen molar-refractivity contribution in [3.05, 3.63) is 54.1 Å². The van der Waals surface area contributed by atoms with Crippen LogP contribution in [0.3, 0.4) is 0 Å². The zero-order chi connectivity index (χ0) is 21.5. The molecule has 2 aromatic rings. The van der Waals surface area contributed by atoms with Gasteiger partial charge in [0.2, 0.25) is 5.91 Å². The largest absolute Gasteiger partial charge is 0.493 e. The number of nitrogens with one attached hydrogen (secondary N) is 2. The first-order chi connectivity index (χ1) is 14.5. The Hall–Kier alpha value is -3.22. The first-order valence-corrected chi connectivity index (χ1v) is 10.2. The van der Waals surface area contributed by atoms with Gasteiger partial charge in [-0.2, -0.15) is 0 Å². The Morgan fingerprint density at radius 2 is 1.80 bits per heavy atom. The van der Waals surface area contributed by atoms with Gasteiger partial charge in [-0.1, -0.05) is 38.1 Å². The summed E-state index contributed by atoms with van der Waals surface area (Å²) in [7, 11) is 0. The number of carbonyl (C=O) groups is 2. The molecule has 2 atom stereocenters. The van der Waals surface area contributed by atoms with Crippen LogP contribution in [0, 0.1) is 5.92 Å². The van der Waals surface area contributed by atoms with Crippen LogP contribution in [0.15, 0.2) is 48.5 Å². The number of ether oxygens (including phenoxy) is 3. The lowest BCUT2D eigenvalue weighted by atomic mass is 10.0. The molecular weight excluding hydrogens is 384 g/mol. The highest BCUT2D eigenvalue weighted by atomic mass is 16.6. The van der Waals surface area contributed by atoms with Crippen LogP contribution in [0.1, 0.15) is 31.1 Å². The van der Waals surface area contributed by atoms with Crippen molar-refractivity contribution in [3.8, 4) is 17.2 Å². The van der Waals surface area contributed by atoms with E-state index in [1.54, 1.807) is 24.3 Å². The van der Waals surface area contributed by atoms with Crippen molar-refractivity contribution in [3.63, 3.8) is 0 Å². The Morgan fingerprint density at radius 1 is 1.10 bits per heavy atom. The van der Waals surface area contributed by atoms with Crippen molar-refractivity contribution in [2.75, 3.05) is 19.8 Å². The minimum absolute atomic E-state index is 0.0996. The molecule has 2 amide bonds. The van der Waals surface area contributed by atoms with Gasteiger partial charge in [-0.3, -0.25) is 9.59 Å². The van der Waals surface area contributed by atoms with Crippen molar-refractivity contribution in [2.45, 2.75) is 32.9 Å². The van der Waals surface area contributed by atoms with E-state index in [9.17, 15) is 9.59 Å². The van der Waals surface area contributed by atoms with Gasteiger partial charge in [0, 0.05) is 0 Å². The summed E-state index contributed by atoms with van der Waals surface area (Å²) in [6.07, 6.45) is -0.300. The first kappa shape index (κ1) is 21.5. The SMILES string of the molecule is CCOc1ccccc1C(=O)N[C@H](C(=O)NC[C@@H]1COc2ccccc2O1)C(C)C. The molecule has 7 nitrogen and oxygen atoms in total. The molecule has 160 valence electrons. The molecule has 2 N–H and O–H groups in total. The fraction of sp³-hybridized carbons (Fsp3) is 0.391. The molecule has 0 aromatic heterocycles. The number of hydrogen-bond acceptors (Lipinski definition) is 5. The Morgan fingerprint density at radius 3 is 2.53 bits per heavy atom. The maximum Gasteiger partial charge on any atom is 0.255 e. The molecule has 2 aromatic carbocycles. The van der Waals surface area contributed by atoms with Gasteiger partial charge in [-0.05, 0) is 37.1 Å². The van der Waals surface area contributed by atoms with Crippen LogP contribution in [0.5, 0.6) is 17.2 Å². The molecule has 0 saturated carbocycles. The van der Waals surface area contributed by atoms with Gasteiger partial charge in [-0.25, -0.2) is 0 Å².